The SMILES string of the molecule is COCCOc1ccccc1-c1cc(N)nc(C)n1. The van der Waals surface area contributed by atoms with Crippen LogP contribution in [0.3, 0.4) is 0 Å². The maximum absolute atomic E-state index is 5.76. The predicted molar refractivity (Wildman–Crippen MR) is 74.0 cm³/mol. The minimum atomic E-state index is 0.453. The van der Waals surface area contributed by atoms with Crippen molar-refractivity contribution < 1.29 is 9.47 Å². The van der Waals surface area contributed by atoms with Crippen molar-refractivity contribution >= 4 is 5.82 Å². The third-order valence-electron chi connectivity index (χ3n) is 2.57. The molecule has 100 valence electrons. The van der Waals surface area contributed by atoms with E-state index in [9.17, 15) is 0 Å². The molecule has 0 fully saturated rings. The molecule has 0 unspecified atom stereocenters. The van der Waals surface area contributed by atoms with Crippen molar-refractivity contribution in [3.63, 3.8) is 0 Å². The Balaban J connectivity index is 2.32. The largest absolute Gasteiger partial charge is 0.490 e. The summed E-state index contributed by atoms with van der Waals surface area (Å²) in [5.74, 6) is 1.85. The summed E-state index contributed by atoms with van der Waals surface area (Å²) < 4.78 is 10.7. The topological polar surface area (TPSA) is 70.3 Å². The number of nitrogens with two attached hydrogens (primary N) is 1. The van der Waals surface area contributed by atoms with Gasteiger partial charge in [0.05, 0.1) is 12.3 Å². The van der Waals surface area contributed by atoms with Crippen LogP contribution >= 0.6 is 0 Å². The zero-order chi connectivity index (χ0) is 13.7. The number of hydrogen-bond acceptors (Lipinski definition) is 5. The average Bonchev–Trinajstić information content (AvgIpc) is 2.38. The molecular formula is C14H17N3O2. The van der Waals surface area contributed by atoms with E-state index in [1.54, 1.807) is 13.2 Å². The highest BCUT2D eigenvalue weighted by Gasteiger charge is 2.08. The van der Waals surface area contributed by atoms with E-state index in [4.69, 9.17) is 15.2 Å². The highest BCUT2D eigenvalue weighted by atomic mass is 16.5. The maximum atomic E-state index is 5.76. The zero-order valence-electron chi connectivity index (χ0n) is 11.1. The van der Waals surface area contributed by atoms with Gasteiger partial charge in [-0.2, -0.15) is 0 Å². The van der Waals surface area contributed by atoms with Gasteiger partial charge < -0.3 is 15.2 Å². The lowest BCUT2D eigenvalue weighted by Gasteiger charge is -2.11. The first-order valence-corrected chi connectivity index (χ1v) is 6.03. The maximum Gasteiger partial charge on any atom is 0.128 e. The zero-order valence-corrected chi connectivity index (χ0v) is 11.1. The third-order valence-corrected chi connectivity index (χ3v) is 2.57. The molecule has 1 aromatic heterocycles. The first kappa shape index (κ1) is 13.3. The minimum Gasteiger partial charge on any atom is -0.490 e. The van der Waals surface area contributed by atoms with Crippen LogP contribution in [0.4, 0.5) is 5.82 Å². The van der Waals surface area contributed by atoms with Crippen molar-refractivity contribution in [1.82, 2.24) is 9.97 Å². The summed E-state index contributed by atoms with van der Waals surface area (Å²) in [5, 5.41) is 0. The second-order valence-electron chi connectivity index (χ2n) is 4.06. The molecule has 1 aromatic carbocycles. The van der Waals surface area contributed by atoms with Gasteiger partial charge in [-0.15, -0.1) is 0 Å². The van der Waals surface area contributed by atoms with Crippen molar-refractivity contribution in [2.45, 2.75) is 6.92 Å². The van der Waals surface area contributed by atoms with Crippen LogP contribution in [-0.4, -0.2) is 30.3 Å². The molecule has 2 rings (SSSR count). The first-order valence-electron chi connectivity index (χ1n) is 6.03. The van der Waals surface area contributed by atoms with Crippen LogP contribution in [0.5, 0.6) is 5.75 Å². The molecule has 19 heavy (non-hydrogen) atoms. The number of aromatic nitrogens is 2. The normalized spacial score (nSPS) is 10.4. The number of ether oxygens (including phenoxy) is 2. The quantitative estimate of drug-likeness (QED) is 0.832. The van der Waals surface area contributed by atoms with Crippen LogP contribution in [-0.2, 0) is 4.74 Å². The van der Waals surface area contributed by atoms with E-state index in [0.717, 1.165) is 17.0 Å². The number of nitrogens with zero attached hydrogens (tertiary/aromatic N) is 2. The Morgan fingerprint density at radius 1 is 1.16 bits per heavy atom. The number of rotatable bonds is 5. The Kier molecular flexibility index (Phi) is 4.30. The lowest BCUT2D eigenvalue weighted by molar-refractivity contribution is 0.146. The van der Waals surface area contributed by atoms with Crippen LogP contribution in [0.15, 0.2) is 30.3 Å². The van der Waals surface area contributed by atoms with Gasteiger partial charge in [-0.1, -0.05) is 12.1 Å². The summed E-state index contributed by atoms with van der Waals surface area (Å²) in [6, 6.07) is 9.45. The molecule has 5 heteroatoms. The highest BCUT2D eigenvalue weighted by molar-refractivity contribution is 5.68. The van der Waals surface area contributed by atoms with Crippen LogP contribution < -0.4 is 10.5 Å². The Morgan fingerprint density at radius 2 is 1.95 bits per heavy atom. The Hall–Kier alpha value is -2.14. The molecule has 0 aliphatic carbocycles. The highest BCUT2D eigenvalue weighted by Crippen LogP contribution is 2.29. The van der Waals surface area contributed by atoms with Crippen molar-refractivity contribution in [3.8, 4) is 17.0 Å². The molecule has 0 saturated carbocycles. The number of nitrogen functional groups attached to an aromatic ring is 1. The summed E-state index contributed by atoms with van der Waals surface area (Å²) in [6.07, 6.45) is 0. The second kappa shape index (κ2) is 6.15. The van der Waals surface area contributed by atoms with E-state index < -0.39 is 0 Å². The third kappa shape index (κ3) is 3.42. The molecule has 2 aromatic rings. The van der Waals surface area contributed by atoms with Gasteiger partial charge >= 0.3 is 0 Å². The Morgan fingerprint density at radius 3 is 2.68 bits per heavy atom. The summed E-state index contributed by atoms with van der Waals surface area (Å²) >= 11 is 0. The van der Waals surface area contributed by atoms with Crippen LogP contribution in [0.1, 0.15) is 5.82 Å². The number of aryl methyl sites for hydroxylation is 1. The van der Waals surface area contributed by atoms with E-state index in [0.29, 0.717) is 24.9 Å². The second-order valence-corrected chi connectivity index (χ2v) is 4.06. The predicted octanol–water partition coefficient (Wildman–Crippen LogP) is 2.06. The molecule has 0 atom stereocenters. The van der Waals surface area contributed by atoms with E-state index in [1.165, 1.54) is 0 Å². The minimum absolute atomic E-state index is 0.453. The molecule has 1 heterocycles. The summed E-state index contributed by atoms with van der Waals surface area (Å²) in [6.45, 7) is 2.85. The monoisotopic (exact) mass is 259 g/mol. The number of anilines is 1. The van der Waals surface area contributed by atoms with Gasteiger partial charge in [0.25, 0.3) is 0 Å². The van der Waals surface area contributed by atoms with Gasteiger partial charge in [0.15, 0.2) is 0 Å². The van der Waals surface area contributed by atoms with Gasteiger partial charge in [-0.25, -0.2) is 9.97 Å². The molecule has 0 spiro atoms. The van der Waals surface area contributed by atoms with Crippen molar-refractivity contribution in [2.75, 3.05) is 26.1 Å². The average molecular weight is 259 g/mol. The van der Waals surface area contributed by atoms with E-state index >= 15 is 0 Å². The lowest BCUT2D eigenvalue weighted by Crippen LogP contribution is -2.05. The Bertz CT molecular complexity index is 538. The standard InChI is InChI=1S/C14H17N3O2/c1-10-16-12(9-14(15)17-10)11-5-3-4-6-13(11)19-8-7-18-2/h3-6,9H,7-8H2,1-2H3,(H2,15,16,17). The number of benzene rings is 1. The molecule has 5 nitrogen and oxygen atoms in total. The van der Waals surface area contributed by atoms with Gasteiger partial charge in [-0.05, 0) is 19.1 Å². The number of methoxy groups -OCH3 is 1. The molecule has 0 aliphatic heterocycles. The van der Waals surface area contributed by atoms with Crippen LogP contribution in [0.25, 0.3) is 11.3 Å². The van der Waals surface area contributed by atoms with Gasteiger partial charge in [0.2, 0.25) is 0 Å². The van der Waals surface area contributed by atoms with Crippen molar-refractivity contribution in [1.29, 1.82) is 0 Å². The van der Waals surface area contributed by atoms with Gasteiger partial charge in [0.1, 0.15) is 24.0 Å². The number of hydrogen-bond donors (Lipinski definition) is 1. The van der Waals surface area contributed by atoms with Gasteiger partial charge in [-0.3, -0.25) is 0 Å². The fourth-order valence-electron chi connectivity index (χ4n) is 1.77. The fraction of sp³-hybridized carbons (Fsp3) is 0.286. The van der Waals surface area contributed by atoms with Crippen molar-refractivity contribution in [2.24, 2.45) is 0 Å². The van der Waals surface area contributed by atoms with Crippen LogP contribution in [0.2, 0.25) is 0 Å². The molecule has 2 N–H and O–H groups in total. The van der Waals surface area contributed by atoms with E-state index in [2.05, 4.69) is 9.97 Å². The van der Waals surface area contributed by atoms with Gasteiger partial charge in [0, 0.05) is 18.7 Å². The number of para-hydroxylation sites is 1. The molecule has 0 aliphatic rings. The molecule has 0 amide bonds. The summed E-state index contributed by atoms with van der Waals surface area (Å²) in [7, 11) is 1.64. The lowest BCUT2D eigenvalue weighted by atomic mass is 10.1. The molecule has 0 radical (unpaired) electrons. The fourth-order valence-corrected chi connectivity index (χ4v) is 1.77. The van der Waals surface area contributed by atoms with Crippen molar-refractivity contribution in [3.05, 3.63) is 36.2 Å². The molecular weight excluding hydrogens is 242 g/mol. The summed E-state index contributed by atoms with van der Waals surface area (Å²) in [5.41, 5.74) is 7.42. The van der Waals surface area contributed by atoms with E-state index in [1.807, 2.05) is 31.2 Å². The molecule has 0 saturated heterocycles. The molecule has 0 bridgehead atoms. The first-order chi connectivity index (χ1) is 9.20. The van der Waals surface area contributed by atoms with Crippen LogP contribution in [0, 0.1) is 6.92 Å². The Labute approximate surface area is 112 Å². The van der Waals surface area contributed by atoms with E-state index in [-0.39, 0.29) is 0 Å². The summed E-state index contributed by atoms with van der Waals surface area (Å²) in [4.78, 5) is 8.46. The smallest absolute Gasteiger partial charge is 0.128 e.